The van der Waals surface area contributed by atoms with Crippen molar-refractivity contribution >= 4 is 0 Å². The first-order chi connectivity index (χ1) is 7.01. The third-order valence-corrected chi connectivity index (χ3v) is 1.80. The largest absolute Gasteiger partial charge is 0.463 e. The Bertz CT molecular complexity index is 296. The molecule has 1 aromatic heterocycles. The molecule has 0 aliphatic carbocycles. The second kappa shape index (κ2) is 5.18. The Hall–Kier alpha value is -1.01. The number of nitrogens with two attached hydrogens (primary N) is 1. The maximum atomic E-state index is 11.8. The summed E-state index contributed by atoms with van der Waals surface area (Å²) in [4.78, 5) is 0. The lowest BCUT2D eigenvalue weighted by molar-refractivity contribution is -0.133. The molecule has 3 N–H and O–H groups in total. The number of alkyl halides is 3. The van der Waals surface area contributed by atoms with Crippen molar-refractivity contribution < 1.29 is 17.6 Å². The van der Waals surface area contributed by atoms with E-state index in [4.69, 9.17) is 10.2 Å². The molecule has 0 amide bonds. The van der Waals surface area contributed by atoms with E-state index >= 15 is 0 Å². The second-order valence-corrected chi connectivity index (χ2v) is 3.11. The number of nitrogens with one attached hydrogen (secondary N) is 1. The first-order valence-corrected chi connectivity index (χ1v) is 4.56. The Labute approximate surface area is 85.4 Å². The molecule has 0 aromatic carbocycles. The summed E-state index contributed by atoms with van der Waals surface area (Å²) in [5.41, 5.74) is 5.31. The highest BCUT2D eigenvalue weighted by atomic mass is 19.4. The number of furan rings is 1. The number of rotatable bonds is 5. The van der Waals surface area contributed by atoms with Crippen LogP contribution < -0.4 is 11.1 Å². The van der Waals surface area contributed by atoms with Gasteiger partial charge in [0.25, 0.3) is 0 Å². The molecule has 0 bridgehead atoms. The van der Waals surface area contributed by atoms with Gasteiger partial charge in [-0.1, -0.05) is 0 Å². The van der Waals surface area contributed by atoms with Crippen molar-refractivity contribution in [2.75, 3.05) is 6.54 Å². The van der Waals surface area contributed by atoms with Gasteiger partial charge in [0.15, 0.2) is 0 Å². The lowest BCUT2D eigenvalue weighted by atomic mass is 10.4. The highest BCUT2D eigenvalue weighted by Crippen LogP contribution is 2.18. The minimum absolute atomic E-state index is 0.109. The Balaban J connectivity index is 2.20. The highest BCUT2D eigenvalue weighted by Gasteiger charge is 2.25. The van der Waals surface area contributed by atoms with Gasteiger partial charge in [-0.05, 0) is 12.1 Å². The van der Waals surface area contributed by atoms with E-state index in [2.05, 4.69) is 5.32 Å². The number of hydrogen-bond acceptors (Lipinski definition) is 3. The van der Waals surface area contributed by atoms with Crippen molar-refractivity contribution in [3.8, 4) is 0 Å². The molecule has 0 fully saturated rings. The predicted molar refractivity (Wildman–Crippen MR) is 49.0 cm³/mol. The summed E-state index contributed by atoms with van der Waals surface area (Å²) >= 11 is 0. The molecule has 3 nitrogen and oxygen atoms in total. The standard InChI is InChI=1S/C9H13F3N2O/c10-9(11,12)3-4-14-6-8-2-1-7(5-13)15-8/h1-2,14H,3-6,13H2. The fourth-order valence-corrected chi connectivity index (χ4v) is 1.07. The van der Waals surface area contributed by atoms with E-state index < -0.39 is 12.6 Å². The van der Waals surface area contributed by atoms with Crippen LogP contribution in [0.15, 0.2) is 16.5 Å². The smallest absolute Gasteiger partial charge is 0.390 e. The van der Waals surface area contributed by atoms with E-state index in [0.29, 0.717) is 18.1 Å². The van der Waals surface area contributed by atoms with Crippen molar-refractivity contribution in [3.05, 3.63) is 23.7 Å². The molecule has 1 aromatic rings. The van der Waals surface area contributed by atoms with E-state index in [9.17, 15) is 13.2 Å². The maximum absolute atomic E-state index is 11.8. The van der Waals surface area contributed by atoms with Crippen molar-refractivity contribution in [1.29, 1.82) is 0 Å². The molecule has 86 valence electrons. The molecule has 0 saturated carbocycles. The average molecular weight is 222 g/mol. The number of hydrogen-bond donors (Lipinski definition) is 2. The average Bonchev–Trinajstić information content (AvgIpc) is 2.59. The van der Waals surface area contributed by atoms with Crippen molar-refractivity contribution in [3.63, 3.8) is 0 Å². The summed E-state index contributed by atoms with van der Waals surface area (Å²) in [7, 11) is 0. The molecular formula is C9H13F3N2O. The summed E-state index contributed by atoms with van der Waals surface area (Å²) in [6.07, 6.45) is -4.95. The minimum Gasteiger partial charge on any atom is -0.463 e. The fourth-order valence-electron chi connectivity index (χ4n) is 1.07. The van der Waals surface area contributed by atoms with Crippen LogP contribution in [0.1, 0.15) is 17.9 Å². The lowest BCUT2D eigenvalue weighted by Gasteiger charge is -2.06. The molecule has 0 saturated heterocycles. The van der Waals surface area contributed by atoms with E-state index in [1.165, 1.54) is 0 Å². The molecule has 0 spiro atoms. The quantitative estimate of drug-likeness (QED) is 0.746. The van der Waals surface area contributed by atoms with Crippen LogP contribution >= 0.6 is 0 Å². The maximum Gasteiger partial charge on any atom is 0.390 e. The fraction of sp³-hybridized carbons (Fsp3) is 0.556. The van der Waals surface area contributed by atoms with Gasteiger partial charge in [-0.15, -0.1) is 0 Å². The highest BCUT2D eigenvalue weighted by molar-refractivity contribution is 5.06. The van der Waals surface area contributed by atoms with Crippen molar-refractivity contribution in [2.24, 2.45) is 5.73 Å². The SMILES string of the molecule is NCc1ccc(CNCCC(F)(F)F)o1. The Morgan fingerprint density at radius 2 is 1.93 bits per heavy atom. The van der Waals surface area contributed by atoms with Crippen LogP contribution in [0.3, 0.4) is 0 Å². The van der Waals surface area contributed by atoms with Gasteiger partial charge in [-0.2, -0.15) is 13.2 Å². The second-order valence-electron chi connectivity index (χ2n) is 3.11. The van der Waals surface area contributed by atoms with Crippen LogP contribution in [0, 0.1) is 0 Å². The zero-order chi connectivity index (χ0) is 11.3. The molecule has 0 aliphatic rings. The van der Waals surface area contributed by atoms with Crippen LogP contribution in [-0.2, 0) is 13.1 Å². The molecule has 6 heteroatoms. The Morgan fingerprint density at radius 3 is 2.47 bits per heavy atom. The van der Waals surface area contributed by atoms with E-state index in [0.717, 1.165) is 0 Å². The monoisotopic (exact) mass is 222 g/mol. The lowest BCUT2D eigenvalue weighted by Crippen LogP contribution is -2.21. The molecule has 0 aliphatic heterocycles. The van der Waals surface area contributed by atoms with Gasteiger partial charge in [0.1, 0.15) is 11.5 Å². The van der Waals surface area contributed by atoms with Gasteiger partial charge in [0, 0.05) is 6.54 Å². The number of halogens is 3. The molecule has 0 unspecified atom stereocenters. The first-order valence-electron chi connectivity index (χ1n) is 4.56. The van der Waals surface area contributed by atoms with Crippen LogP contribution in [0.5, 0.6) is 0 Å². The summed E-state index contributed by atoms with van der Waals surface area (Å²) in [5, 5.41) is 2.64. The third kappa shape index (κ3) is 4.85. The summed E-state index contributed by atoms with van der Waals surface area (Å²) in [6.45, 7) is 0.473. The molecule has 1 rings (SSSR count). The molecule has 0 radical (unpaired) electrons. The van der Waals surface area contributed by atoms with Gasteiger partial charge in [0.05, 0.1) is 19.5 Å². The van der Waals surface area contributed by atoms with Crippen molar-refractivity contribution in [2.45, 2.75) is 25.7 Å². The molecule has 1 heterocycles. The summed E-state index contributed by atoms with van der Waals surface area (Å²) in [5.74, 6) is 1.22. The zero-order valence-electron chi connectivity index (χ0n) is 8.10. The van der Waals surface area contributed by atoms with Gasteiger partial charge >= 0.3 is 6.18 Å². The topological polar surface area (TPSA) is 51.2 Å². The predicted octanol–water partition coefficient (Wildman–Crippen LogP) is 1.78. The van der Waals surface area contributed by atoms with Gasteiger partial charge in [-0.25, -0.2) is 0 Å². The van der Waals surface area contributed by atoms with E-state index in [-0.39, 0.29) is 13.1 Å². The van der Waals surface area contributed by atoms with Crippen LogP contribution in [0.4, 0.5) is 13.2 Å². The zero-order valence-corrected chi connectivity index (χ0v) is 8.10. The van der Waals surface area contributed by atoms with Gasteiger partial charge in [0.2, 0.25) is 0 Å². The minimum atomic E-state index is -4.11. The molecular weight excluding hydrogens is 209 g/mol. The van der Waals surface area contributed by atoms with Crippen molar-refractivity contribution in [1.82, 2.24) is 5.32 Å². The van der Waals surface area contributed by atoms with Crippen LogP contribution in [0.25, 0.3) is 0 Å². The third-order valence-electron chi connectivity index (χ3n) is 1.80. The van der Waals surface area contributed by atoms with Gasteiger partial charge in [-0.3, -0.25) is 0 Å². The Morgan fingerprint density at radius 1 is 1.27 bits per heavy atom. The van der Waals surface area contributed by atoms with Crippen LogP contribution in [-0.4, -0.2) is 12.7 Å². The van der Waals surface area contributed by atoms with E-state index in [1.807, 2.05) is 0 Å². The Kier molecular flexibility index (Phi) is 4.16. The summed E-state index contributed by atoms with van der Waals surface area (Å²) < 4.78 is 40.5. The first kappa shape index (κ1) is 12.1. The van der Waals surface area contributed by atoms with E-state index in [1.54, 1.807) is 12.1 Å². The molecule has 0 atom stereocenters. The normalized spacial score (nSPS) is 12.0. The van der Waals surface area contributed by atoms with Crippen LogP contribution in [0.2, 0.25) is 0 Å². The summed E-state index contributed by atoms with van der Waals surface area (Å²) in [6, 6.07) is 3.41. The van der Waals surface area contributed by atoms with Gasteiger partial charge < -0.3 is 15.5 Å². The molecule has 15 heavy (non-hydrogen) atoms.